The summed E-state index contributed by atoms with van der Waals surface area (Å²) in [6.07, 6.45) is 5.62. The van der Waals surface area contributed by atoms with Gasteiger partial charge in [0.25, 0.3) is 6.33 Å². The largest absolute Gasteiger partial charge is 0.458 e. The van der Waals surface area contributed by atoms with Crippen LogP contribution in [0.4, 0.5) is 0 Å². The van der Waals surface area contributed by atoms with Crippen molar-refractivity contribution < 1.29 is 12.0 Å². The number of imidazole rings is 1. The molecule has 6 heteroatoms. The summed E-state index contributed by atoms with van der Waals surface area (Å²) in [7, 11) is 0. The zero-order valence-electron chi connectivity index (χ0n) is 38.0. The van der Waals surface area contributed by atoms with Crippen molar-refractivity contribution in [2.24, 2.45) is 5.41 Å². The molecule has 9 aromatic rings. The van der Waals surface area contributed by atoms with Gasteiger partial charge in [0.1, 0.15) is 17.3 Å². The maximum atomic E-state index is 9.00. The molecule has 5 aromatic carbocycles. The fourth-order valence-corrected chi connectivity index (χ4v) is 7.94. The second-order valence-electron chi connectivity index (χ2n) is 18.9. The molecule has 0 N–H and O–H groups in total. The molecule has 0 bridgehead atoms. The third-order valence-electron chi connectivity index (χ3n) is 11.0. The minimum atomic E-state index is -1.57. The monoisotopic (exact) mass is 789 g/mol. The lowest BCUT2D eigenvalue weighted by molar-refractivity contribution is -0.572. The Hall–Kier alpha value is -6.53. The van der Waals surface area contributed by atoms with Crippen molar-refractivity contribution in [2.45, 2.75) is 79.5 Å². The van der Waals surface area contributed by atoms with Gasteiger partial charge in [-0.05, 0) is 105 Å². The first-order valence-corrected chi connectivity index (χ1v) is 20.7. The van der Waals surface area contributed by atoms with Crippen LogP contribution in [0.3, 0.4) is 0 Å². The number of para-hydroxylation sites is 1. The van der Waals surface area contributed by atoms with E-state index in [4.69, 9.17) is 17.4 Å². The number of fused-ring (bicyclic) bond motifs is 4. The fraction of sp³-hybridized carbons (Fsp3) is 0.241. The smallest absolute Gasteiger partial charge is 0.271 e. The minimum absolute atomic E-state index is 0.0610. The fourth-order valence-electron chi connectivity index (χ4n) is 7.94. The highest BCUT2D eigenvalue weighted by Gasteiger charge is 2.22. The standard InChI is InChI=1S/C54H53N5O/c1-52(2,3)34-36-23-25-56-51(27-36)59-46-18-14-13-17-44(46)45-21-20-42(32-48(45)59)60-43-24-26-55-50(33-43)58-35-57(49-31-39(53(4,5)6)19-22-47(49)58)41-29-38(37-15-11-10-12-16-37)28-40(30-41)54(7,8)9/h10-33H,34H2,1-9H3/i34D2. The Morgan fingerprint density at radius 3 is 2.05 bits per heavy atom. The highest BCUT2D eigenvalue weighted by atomic mass is 16.5. The topological polar surface area (TPSA) is 48.8 Å². The molecular formula is C54H53N5O. The predicted molar refractivity (Wildman–Crippen MR) is 246 cm³/mol. The molecule has 6 nitrogen and oxygen atoms in total. The molecule has 0 spiro atoms. The zero-order chi connectivity index (χ0) is 43.8. The molecule has 0 saturated carbocycles. The van der Waals surface area contributed by atoms with Gasteiger partial charge in [-0.15, -0.1) is 0 Å². The van der Waals surface area contributed by atoms with E-state index in [2.05, 4.69) is 142 Å². The molecule has 0 fully saturated rings. The molecular weight excluding hydrogens is 735 g/mol. The molecule has 0 aliphatic rings. The van der Waals surface area contributed by atoms with Crippen molar-refractivity contribution in [3.05, 3.63) is 169 Å². The normalized spacial score (nSPS) is 13.2. The first kappa shape index (κ1) is 36.5. The van der Waals surface area contributed by atoms with E-state index in [0.717, 1.165) is 49.7 Å². The molecule has 0 amide bonds. The van der Waals surface area contributed by atoms with Crippen LogP contribution in [-0.4, -0.2) is 19.1 Å². The van der Waals surface area contributed by atoms with Gasteiger partial charge in [-0.3, -0.25) is 18.7 Å². The average molecular weight is 790 g/mol. The van der Waals surface area contributed by atoms with Crippen molar-refractivity contribution in [3.8, 4) is 39.9 Å². The Balaban J connectivity index is 1.15. The summed E-state index contributed by atoms with van der Waals surface area (Å²) in [4.78, 5) is 9.65. The van der Waals surface area contributed by atoms with Crippen molar-refractivity contribution in [2.75, 3.05) is 0 Å². The van der Waals surface area contributed by atoms with Crippen LogP contribution in [0.15, 0.2) is 146 Å². The van der Waals surface area contributed by atoms with Gasteiger partial charge in [-0.1, -0.05) is 129 Å². The maximum absolute atomic E-state index is 9.00. The van der Waals surface area contributed by atoms with Gasteiger partial charge >= 0.3 is 0 Å². The number of pyridine rings is 2. The highest BCUT2D eigenvalue weighted by Crippen LogP contribution is 2.37. The van der Waals surface area contributed by atoms with Crippen molar-refractivity contribution >= 4 is 32.8 Å². The SMILES string of the molecule is [2H]C([2H])(c1ccnc(-n2c3ccccc3c3ccc(Oc4ccnc(-n5[c-][n+](-c6cc(-c7ccccc7)cc(C(C)(C)C)c6)c6cc(C(C)(C)C)ccc65)c4)cc32)c1)C(C)(C)C. The number of hydrogen-bond donors (Lipinski definition) is 0. The summed E-state index contributed by atoms with van der Waals surface area (Å²) in [5.41, 5.74) is 9.53. The quantitative estimate of drug-likeness (QED) is 0.119. The number of nitrogens with zero attached hydrogens (tertiary/aromatic N) is 5. The van der Waals surface area contributed by atoms with Crippen LogP contribution in [-0.2, 0) is 17.2 Å². The number of benzene rings is 5. The van der Waals surface area contributed by atoms with Gasteiger partial charge in [-0.2, -0.15) is 0 Å². The Morgan fingerprint density at radius 1 is 0.583 bits per heavy atom. The van der Waals surface area contributed by atoms with Crippen molar-refractivity contribution in [1.82, 2.24) is 19.1 Å². The number of aromatic nitrogens is 5. The van der Waals surface area contributed by atoms with E-state index in [9.17, 15) is 0 Å². The summed E-state index contributed by atoms with van der Waals surface area (Å²) in [5, 5.41) is 2.13. The second kappa shape index (κ2) is 14.6. The van der Waals surface area contributed by atoms with E-state index in [-0.39, 0.29) is 10.8 Å². The summed E-state index contributed by atoms with van der Waals surface area (Å²) in [5.74, 6) is 2.60. The van der Waals surface area contributed by atoms with Gasteiger partial charge < -0.3 is 4.74 Å². The summed E-state index contributed by atoms with van der Waals surface area (Å²) >= 11 is 0. The summed E-state index contributed by atoms with van der Waals surface area (Å²) in [6.45, 7) is 19.3. The van der Waals surface area contributed by atoms with Crippen LogP contribution in [0.25, 0.3) is 61.3 Å². The molecule has 60 heavy (non-hydrogen) atoms. The molecule has 4 aromatic heterocycles. The van der Waals surface area contributed by atoms with Crippen LogP contribution >= 0.6 is 0 Å². The number of ether oxygens (including phenoxy) is 1. The Kier molecular flexibility index (Phi) is 8.91. The Bertz CT molecular complexity index is 3140. The number of rotatable bonds is 7. The zero-order valence-corrected chi connectivity index (χ0v) is 36.0. The lowest BCUT2D eigenvalue weighted by Crippen LogP contribution is -2.31. The molecule has 0 saturated heterocycles. The van der Waals surface area contributed by atoms with Crippen LogP contribution < -0.4 is 9.30 Å². The molecule has 0 radical (unpaired) electrons. The lowest BCUT2D eigenvalue weighted by atomic mass is 9.85. The van der Waals surface area contributed by atoms with Gasteiger partial charge in [0.15, 0.2) is 5.82 Å². The Morgan fingerprint density at radius 2 is 1.28 bits per heavy atom. The van der Waals surface area contributed by atoms with Crippen molar-refractivity contribution in [1.29, 1.82) is 0 Å². The van der Waals surface area contributed by atoms with E-state index < -0.39 is 11.8 Å². The molecule has 9 rings (SSSR count). The number of hydrogen-bond acceptors (Lipinski definition) is 3. The molecule has 4 heterocycles. The van der Waals surface area contributed by atoms with Crippen molar-refractivity contribution in [3.63, 3.8) is 0 Å². The molecule has 0 aliphatic heterocycles. The third-order valence-corrected chi connectivity index (χ3v) is 11.0. The van der Waals surface area contributed by atoms with Crippen LogP contribution in [0.2, 0.25) is 0 Å². The first-order valence-electron chi connectivity index (χ1n) is 21.7. The van der Waals surface area contributed by atoms with Gasteiger partial charge in [-0.25, -0.2) is 4.98 Å². The van der Waals surface area contributed by atoms with Crippen LogP contribution in [0, 0.1) is 11.7 Å². The van der Waals surface area contributed by atoms with E-state index in [1.807, 2.05) is 67.8 Å². The summed E-state index contributed by atoms with van der Waals surface area (Å²) < 4.78 is 31.0. The average Bonchev–Trinajstić information content (AvgIpc) is 3.79. The van der Waals surface area contributed by atoms with Crippen LogP contribution in [0.1, 0.15) is 81.7 Å². The molecule has 0 atom stereocenters. The van der Waals surface area contributed by atoms with Gasteiger partial charge in [0.05, 0.1) is 27.8 Å². The minimum Gasteiger partial charge on any atom is -0.458 e. The Labute approximate surface area is 356 Å². The second-order valence-corrected chi connectivity index (χ2v) is 18.9. The predicted octanol–water partition coefficient (Wildman–Crippen LogP) is 13.2. The summed E-state index contributed by atoms with van der Waals surface area (Å²) in [6, 6.07) is 45.9. The first-order chi connectivity index (χ1) is 29.4. The van der Waals surface area contributed by atoms with Gasteiger partial charge in [0.2, 0.25) is 0 Å². The highest BCUT2D eigenvalue weighted by molar-refractivity contribution is 6.09. The maximum Gasteiger partial charge on any atom is 0.271 e. The van der Waals surface area contributed by atoms with E-state index in [1.165, 1.54) is 11.1 Å². The van der Waals surface area contributed by atoms with E-state index in [0.29, 0.717) is 28.7 Å². The molecule has 0 unspecified atom stereocenters. The van der Waals surface area contributed by atoms with Gasteiger partial charge in [0, 0.05) is 38.0 Å². The van der Waals surface area contributed by atoms with Crippen LogP contribution in [0.5, 0.6) is 11.5 Å². The lowest BCUT2D eigenvalue weighted by Gasteiger charge is -2.22. The molecule has 300 valence electrons. The third kappa shape index (κ3) is 7.59. The van der Waals surface area contributed by atoms with E-state index >= 15 is 0 Å². The molecule has 0 aliphatic carbocycles. The van der Waals surface area contributed by atoms with E-state index in [1.54, 1.807) is 18.5 Å².